The summed E-state index contributed by atoms with van der Waals surface area (Å²) in [6.45, 7) is 2.16. The summed E-state index contributed by atoms with van der Waals surface area (Å²) in [5.74, 6) is -0.441. The number of fused-ring (bicyclic) bond motifs is 1. The van der Waals surface area contributed by atoms with Crippen LogP contribution in [-0.4, -0.2) is 16.1 Å². The Bertz CT molecular complexity index is 776. The molecule has 2 heterocycles. The average molecular weight is 288 g/mol. The van der Waals surface area contributed by atoms with Crippen molar-refractivity contribution in [3.05, 3.63) is 46.9 Å². The van der Waals surface area contributed by atoms with E-state index in [1.165, 1.54) is 0 Å². The molecule has 2 aromatic heterocycles. The van der Waals surface area contributed by atoms with Crippen LogP contribution in [0.2, 0.25) is 0 Å². The highest BCUT2D eigenvalue weighted by atomic mass is 32.1. The summed E-state index contributed by atoms with van der Waals surface area (Å²) in [6, 6.07) is 7.64. The molecule has 0 aliphatic carbocycles. The standard InChI is InChI=1S/C14H12N2O3S/c1-8-4-10(19-13(8)14(17)18)6-15-9-2-3-11-12(5-9)20-7-16-11/h2-5,7,15H,6H2,1H3,(H,17,18). The van der Waals surface area contributed by atoms with E-state index in [9.17, 15) is 4.79 Å². The fourth-order valence-electron chi connectivity index (χ4n) is 2.00. The van der Waals surface area contributed by atoms with Gasteiger partial charge in [-0.2, -0.15) is 0 Å². The van der Waals surface area contributed by atoms with Gasteiger partial charge in [0.25, 0.3) is 0 Å². The summed E-state index contributed by atoms with van der Waals surface area (Å²) in [5.41, 5.74) is 4.37. The van der Waals surface area contributed by atoms with Crippen molar-refractivity contribution in [1.29, 1.82) is 0 Å². The molecule has 0 saturated carbocycles. The van der Waals surface area contributed by atoms with Gasteiger partial charge in [-0.3, -0.25) is 0 Å². The number of aromatic nitrogens is 1. The number of furan rings is 1. The quantitative estimate of drug-likeness (QED) is 0.768. The third-order valence-corrected chi connectivity index (χ3v) is 3.75. The first-order valence-corrected chi connectivity index (χ1v) is 6.91. The van der Waals surface area contributed by atoms with Crippen LogP contribution in [-0.2, 0) is 6.54 Å². The van der Waals surface area contributed by atoms with Gasteiger partial charge in [-0.15, -0.1) is 11.3 Å². The number of carboxylic acids is 1. The lowest BCUT2D eigenvalue weighted by Gasteiger charge is -2.03. The van der Waals surface area contributed by atoms with Gasteiger partial charge in [0, 0.05) is 11.3 Å². The van der Waals surface area contributed by atoms with Crippen molar-refractivity contribution in [3.8, 4) is 0 Å². The molecule has 2 N–H and O–H groups in total. The lowest BCUT2D eigenvalue weighted by Crippen LogP contribution is -1.98. The molecule has 6 heteroatoms. The van der Waals surface area contributed by atoms with Crippen LogP contribution in [0, 0.1) is 6.92 Å². The third-order valence-electron chi connectivity index (χ3n) is 2.96. The Kier molecular flexibility index (Phi) is 3.15. The van der Waals surface area contributed by atoms with Crippen molar-refractivity contribution in [2.24, 2.45) is 0 Å². The van der Waals surface area contributed by atoms with Crippen LogP contribution in [0.15, 0.2) is 34.2 Å². The number of nitrogens with one attached hydrogen (secondary N) is 1. The van der Waals surface area contributed by atoms with Crippen molar-refractivity contribution < 1.29 is 14.3 Å². The molecule has 3 aromatic rings. The normalized spacial score (nSPS) is 10.8. The van der Waals surface area contributed by atoms with Gasteiger partial charge < -0.3 is 14.8 Å². The van der Waals surface area contributed by atoms with E-state index in [0.717, 1.165) is 15.9 Å². The highest BCUT2D eigenvalue weighted by Gasteiger charge is 2.13. The maximum absolute atomic E-state index is 10.9. The number of nitrogens with zero attached hydrogens (tertiary/aromatic N) is 1. The molecular formula is C14H12N2O3S. The minimum atomic E-state index is -1.04. The van der Waals surface area contributed by atoms with E-state index in [1.807, 2.05) is 23.7 Å². The van der Waals surface area contributed by atoms with E-state index in [1.54, 1.807) is 24.3 Å². The largest absolute Gasteiger partial charge is 0.475 e. The summed E-state index contributed by atoms with van der Waals surface area (Å²) in [7, 11) is 0. The number of hydrogen-bond acceptors (Lipinski definition) is 5. The molecule has 0 atom stereocenters. The second-order valence-corrected chi connectivity index (χ2v) is 5.30. The summed E-state index contributed by atoms with van der Waals surface area (Å²) >= 11 is 1.58. The summed E-state index contributed by atoms with van der Waals surface area (Å²) in [6.07, 6.45) is 0. The smallest absolute Gasteiger partial charge is 0.372 e. The Balaban J connectivity index is 1.75. The molecule has 0 bridgehead atoms. The van der Waals surface area contributed by atoms with Gasteiger partial charge in [0.15, 0.2) is 0 Å². The van der Waals surface area contributed by atoms with Crippen LogP contribution in [0.3, 0.4) is 0 Å². The van der Waals surface area contributed by atoms with Crippen LogP contribution in [0.4, 0.5) is 5.69 Å². The first-order chi connectivity index (χ1) is 9.63. The second-order valence-electron chi connectivity index (χ2n) is 4.42. The minimum absolute atomic E-state index is 0.000270. The molecule has 20 heavy (non-hydrogen) atoms. The lowest BCUT2D eigenvalue weighted by atomic mass is 10.2. The van der Waals surface area contributed by atoms with Crippen molar-refractivity contribution in [1.82, 2.24) is 4.98 Å². The number of carbonyl (C=O) groups is 1. The highest BCUT2D eigenvalue weighted by Crippen LogP contribution is 2.22. The number of hydrogen-bond donors (Lipinski definition) is 2. The van der Waals surface area contributed by atoms with Gasteiger partial charge in [0.05, 0.1) is 22.3 Å². The number of aromatic carboxylic acids is 1. The topological polar surface area (TPSA) is 75.4 Å². The molecular weight excluding hydrogens is 276 g/mol. The Hall–Kier alpha value is -2.34. The molecule has 0 saturated heterocycles. The van der Waals surface area contributed by atoms with E-state index >= 15 is 0 Å². The van der Waals surface area contributed by atoms with E-state index < -0.39 is 5.97 Å². The molecule has 0 aliphatic rings. The monoisotopic (exact) mass is 288 g/mol. The zero-order valence-electron chi connectivity index (χ0n) is 10.7. The fraction of sp³-hybridized carbons (Fsp3) is 0.143. The van der Waals surface area contributed by atoms with Crippen LogP contribution < -0.4 is 5.32 Å². The molecule has 1 aromatic carbocycles. The molecule has 102 valence electrons. The number of carboxylic acid groups (broad SMARTS) is 1. The van der Waals surface area contributed by atoms with Gasteiger partial charge in [-0.1, -0.05) is 0 Å². The van der Waals surface area contributed by atoms with Crippen molar-refractivity contribution in [2.45, 2.75) is 13.5 Å². The third kappa shape index (κ3) is 2.37. The van der Waals surface area contributed by atoms with E-state index in [0.29, 0.717) is 17.9 Å². The van der Waals surface area contributed by atoms with Gasteiger partial charge in [0.1, 0.15) is 5.76 Å². The SMILES string of the molecule is Cc1cc(CNc2ccc3ncsc3c2)oc1C(=O)O. The predicted molar refractivity (Wildman–Crippen MR) is 77.4 cm³/mol. The van der Waals surface area contributed by atoms with Crippen molar-refractivity contribution in [3.63, 3.8) is 0 Å². The number of aryl methyl sites for hydroxylation is 1. The summed E-state index contributed by atoms with van der Waals surface area (Å²) < 4.78 is 6.41. The Morgan fingerprint density at radius 1 is 1.45 bits per heavy atom. The highest BCUT2D eigenvalue weighted by molar-refractivity contribution is 7.16. The molecule has 0 amide bonds. The number of thiazole rings is 1. The van der Waals surface area contributed by atoms with Gasteiger partial charge >= 0.3 is 5.97 Å². The number of benzene rings is 1. The fourth-order valence-corrected chi connectivity index (χ4v) is 2.72. The second kappa shape index (κ2) is 4.97. The first-order valence-electron chi connectivity index (χ1n) is 6.03. The Morgan fingerprint density at radius 2 is 2.30 bits per heavy atom. The first kappa shape index (κ1) is 12.7. The lowest BCUT2D eigenvalue weighted by molar-refractivity contribution is 0.0659. The van der Waals surface area contributed by atoms with Crippen molar-refractivity contribution >= 4 is 33.2 Å². The zero-order chi connectivity index (χ0) is 14.1. The van der Waals surface area contributed by atoms with E-state index in [-0.39, 0.29) is 5.76 Å². The number of rotatable bonds is 4. The van der Waals surface area contributed by atoms with Crippen LogP contribution in [0.5, 0.6) is 0 Å². The molecule has 0 fully saturated rings. The van der Waals surface area contributed by atoms with Crippen LogP contribution >= 0.6 is 11.3 Å². The maximum atomic E-state index is 10.9. The summed E-state index contributed by atoms with van der Waals surface area (Å²) in [5, 5.41) is 12.2. The van der Waals surface area contributed by atoms with Gasteiger partial charge in [-0.25, -0.2) is 9.78 Å². The van der Waals surface area contributed by atoms with Crippen LogP contribution in [0.25, 0.3) is 10.2 Å². The Morgan fingerprint density at radius 3 is 3.05 bits per heavy atom. The van der Waals surface area contributed by atoms with Gasteiger partial charge in [-0.05, 0) is 31.2 Å². The average Bonchev–Trinajstić information content (AvgIpc) is 3.01. The molecule has 5 nitrogen and oxygen atoms in total. The van der Waals surface area contributed by atoms with Crippen molar-refractivity contribution in [2.75, 3.05) is 5.32 Å². The minimum Gasteiger partial charge on any atom is -0.475 e. The van der Waals surface area contributed by atoms with E-state index in [4.69, 9.17) is 9.52 Å². The summed E-state index contributed by atoms with van der Waals surface area (Å²) in [4.78, 5) is 15.1. The van der Waals surface area contributed by atoms with Gasteiger partial charge in [0.2, 0.25) is 5.76 Å². The van der Waals surface area contributed by atoms with E-state index in [2.05, 4.69) is 10.3 Å². The predicted octanol–water partition coefficient (Wildman–Crippen LogP) is 3.51. The maximum Gasteiger partial charge on any atom is 0.372 e. The molecule has 0 aliphatic heterocycles. The molecule has 0 unspecified atom stereocenters. The molecule has 0 spiro atoms. The molecule has 3 rings (SSSR count). The Labute approximate surface area is 118 Å². The number of anilines is 1. The molecule has 0 radical (unpaired) electrons. The zero-order valence-corrected chi connectivity index (χ0v) is 11.5. The van der Waals surface area contributed by atoms with Crippen LogP contribution in [0.1, 0.15) is 21.9 Å².